The van der Waals surface area contributed by atoms with Gasteiger partial charge in [0.05, 0.1) is 5.69 Å². The van der Waals surface area contributed by atoms with E-state index in [1.54, 1.807) is 0 Å². The first-order chi connectivity index (χ1) is 11.3. The van der Waals surface area contributed by atoms with Gasteiger partial charge in [0, 0.05) is 41.8 Å². The number of para-hydroxylation sites is 1. The minimum absolute atomic E-state index is 0.773. The van der Waals surface area contributed by atoms with Gasteiger partial charge in [-0.25, -0.2) is 0 Å². The Morgan fingerprint density at radius 2 is 1.83 bits per heavy atom. The second-order valence-electron chi connectivity index (χ2n) is 6.00. The van der Waals surface area contributed by atoms with Crippen LogP contribution in [-0.2, 0) is 13.5 Å². The molecule has 0 aliphatic carbocycles. The third-order valence-electron chi connectivity index (χ3n) is 4.46. The van der Waals surface area contributed by atoms with Crippen LogP contribution in [0.5, 0.6) is 0 Å². The van der Waals surface area contributed by atoms with Crippen molar-refractivity contribution in [3.63, 3.8) is 0 Å². The lowest BCUT2D eigenvalue weighted by Gasteiger charge is -2.08. The highest BCUT2D eigenvalue weighted by Crippen LogP contribution is 2.33. The molecule has 0 unspecified atom stereocenters. The molecule has 0 spiro atoms. The second-order valence-corrected chi connectivity index (χ2v) is 6.38. The predicted molar refractivity (Wildman–Crippen MR) is 99.0 cm³/mol. The number of unbranched alkanes of at least 4 members (excludes halogenated alkanes) is 3. The summed E-state index contributed by atoms with van der Waals surface area (Å²) in [5.41, 5.74) is 5.24. The minimum Gasteiger partial charge on any atom is -0.343 e. The lowest BCUT2D eigenvalue weighted by atomic mass is 10.0. The van der Waals surface area contributed by atoms with E-state index in [-0.39, 0.29) is 0 Å². The minimum atomic E-state index is 0.773. The van der Waals surface area contributed by atoms with E-state index >= 15 is 0 Å². The Bertz CT molecular complexity index is 762. The Balaban J connectivity index is 1.97. The molecular formula is C20H23ClN2. The molecule has 0 aliphatic heterocycles. The van der Waals surface area contributed by atoms with Gasteiger partial charge >= 0.3 is 0 Å². The Hall–Kier alpha value is -1.80. The van der Waals surface area contributed by atoms with Crippen LogP contribution in [0.15, 0.2) is 48.8 Å². The highest BCUT2D eigenvalue weighted by atomic mass is 35.5. The molecule has 0 saturated carbocycles. The molecule has 2 heterocycles. The number of nitrogens with zero attached hydrogens (tertiary/aromatic N) is 2. The standard InChI is InChI=1S/C20H23ClN2/c1-23-19-12-6-5-10-17(19)18(11-4-2-3-7-13-21)20(23)16-9-8-14-22-15-16/h5-6,8-10,12,14-15H,2-4,7,11,13H2,1H3. The highest BCUT2D eigenvalue weighted by Gasteiger charge is 2.15. The fourth-order valence-electron chi connectivity index (χ4n) is 3.35. The van der Waals surface area contributed by atoms with Crippen LogP contribution in [0.25, 0.3) is 22.2 Å². The largest absolute Gasteiger partial charge is 0.343 e. The molecule has 0 bridgehead atoms. The van der Waals surface area contributed by atoms with Gasteiger partial charge in [-0.1, -0.05) is 31.0 Å². The van der Waals surface area contributed by atoms with Crippen LogP contribution >= 0.6 is 11.6 Å². The van der Waals surface area contributed by atoms with E-state index < -0.39 is 0 Å². The summed E-state index contributed by atoms with van der Waals surface area (Å²) in [4.78, 5) is 4.31. The molecule has 0 aliphatic rings. The van der Waals surface area contributed by atoms with Gasteiger partial charge < -0.3 is 4.57 Å². The molecule has 120 valence electrons. The summed E-state index contributed by atoms with van der Waals surface area (Å²) >= 11 is 5.77. The number of aryl methyl sites for hydroxylation is 2. The zero-order valence-corrected chi connectivity index (χ0v) is 14.4. The van der Waals surface area contributed by atoms with Crippen molar-refractivity contribution < 1.29 is 0 Å². The fraction of sp³-hybridized carbons (Fsp3) is 0.350. The van der Waals surface area contributed by atoms with E-state index in [9.17, 15) is 0 Å². The summed E-state index contributed by atoms with van der Waals surface area (Å²) in [6.07, 6.45) is 9.68. The molecule has 3 heteroatoms. The monoisotopic (exact) mass is 326 g/mol. The molecular weight excluding hydrogens is 304 g/mol. The topological polar surface area (TPSA) is 17.8 Å². The van der Waals surface area contributed by atoms with Crippen molar-refractivity contribution in [1.82, 2.24) is 9.55 Å². The van der Waals surface area contributed by atoms with Gasteiger partial charge in [0.2, 0.25) is 0 Å². The van der Waals surface area contributed by atoms with Crippen LogP contribution < -0.4 is 0 Å². The average Bonchev–Trinajstić information content (AvgIpc) is 2.88. The van der Waals surface area contributed by atoms with E-state index in [0.29, 0.717) is 0 Å². The summed E-state index contributed by atoms with van der Waals surface area (Å²) in [7, 11) is 2.15. The third kappa shape index (κ3) is 3.42. The smallest absolute Gasteiger partial charge is 0.0536 e. The van der Waals surface area contributed by atoms with Crippen molar-refractivity contribution in [2.75, 3.05) is 5.88 Å². The second kappa shape index (κ2) is 7.65. The molecule has 3 rings (SSSR count). The normalized spacial score (nSPS) is 11.2. The average molecular weight is 327 g/mol. The van der Waals surface area contributed by atoms with Crippen LogP contribution in [-0.4, -0.2) is 15.4 Å². The number of benzene rings is 1. The van der Waals surface area contributed by atoms with Gasteiger partial charge in [0.15, 0.2) is 0 Å². The van der Waals surface area contributed by atoms with E-state index in [2.05, 4.69) is 46.9 Å². The van der Waals surface area contributed by atoms with Gasteiger partial charge in [0.1, 0.15) is 0 Å². The summed E-state index contributed by atoms with van der Waals surface area (Å²) in [6, 6.07) is 12.8. The zero-order chi connectivity index (χ0) is 16.1. The van der Waals surface area contributed by atoms with Crippen LogP contribution in [0.1, 0.15) is 31.2 Å². The first-order valence-corrected chi connectivity index (χ1v) is 8.89. The number of pyridine rings is 1. The number of fused-ring (bicyclic) bond motifs is 1. The molecule has 0 amide bonds. The van der Waals surface area contributed by atoms with Crippen LogP contribution in [0.3, 0.4) is 0 Å². The van der Waals surface area contributed by atoms with E-state index in [4.69, 9.17) is 11.6 Å². The summed E-state index contributed by atoms with van der Waals surface area (Å²) in [5.74, 6) is 0.773. The van der Waals surface area contributed by atoms with Crippen molar-refractivity contribution in [3.8, 4) is 11.3 Å². The molecule has 0 radical (unpaired) electrons. The van der Waals surface area contributed by atoms with Gasteiger partial charge in [-0.3, -0.25) is 4.98 Å². The van der Waals surface area contributed by atoms with E-state index in [1.165, 1.54) is 47.0 Å². The fourth-order valence-corrected chi connectivity index (χ4v) is 3.53. The molecule has 0 fully saturated rings. The molecule has 3 aromatic rings. The summed E-state index contributed by atoms with van der Waals surface area (Å²) in [5, 5.41) is 1.37. The lowest BCUT2D eigenvalue weighted by Crippen LogP contribution is -1.95. The number of hydrogen-bond acceptors (Lipinski definition) is 1. The van der Waals surface area contributed by atoms with Crippen LogP contribution in [0.2, 0.25) is 0 Å². The first-order valence-electron chi connectivity index (χ1n) is 8.35. The number of halogens is 1. The maximum Gasteiger partial charge on any atom is 0.0536 e. The highest BCUT2D eigenvalue weighted by molar-refractivity contribution is 6.17. The van der Waals surface area contributed by atoms with E-state index in [0.717, 1.165) is 18.7 Å². The Kier molecular flexibility index (Phi) is 5.35. The van der Waals surface area contributed by atoms with Crippen molar-refractivity contribution in [2.45, 2.75) is 32.1 Å². The summed E-state index contributed by atoms with van der Waals surface area (Å²) < 4.78 is 2.31. The maximum atomic E-state index is 5.77. The SMILES string of the molecule is Cn1c(-c2cccnc2)c(CCCCCCCl)c2ccccc21. The number of aromatic nitrogens is 2. The van der Waals surface area contributed by atoms with Gasteiger partial charge in [-0.05, 0) is 43.0 Å². The molecule has 1 aromatic carbocycles. The Morgan fingerprint density at radius 1 is 1.00 bits per heavy atom. The summed E-state index contributed by atoms with van der Waals surface area (Å²) in [6.45, 7) is 0. The van der Waals surface area contributed by atoms with Crippen molar-refractivity contribution >= 4 is 22.5 Å². The predicted octanol–water partition coefficient (Wildman–Crippen LogP) is 5.58. The van der Waals surface area contributed by atoms with Crippen molar-refractivity contribution in [1.29, 1.82) is 0 Å². The van der Waals surface area contributed by atoms with Gasteiger partial charge in [0.25, 0.3) is 0 Å². The molecule has 0 N–H and O–H groups in total. The van der Waals surface area contributed by atoms with Gasteiger partial charge in [-0.15, -0.1) is 11.6 Å². The van der Waals surface area contributed by atoms with Crippen molar-refractivity contribution in [3.05, 3.63) is 54.4 Å². The number of alkyl halides is 1. The van der Waals surface area contributed by atoms with Crippen molar-refractivity contribution in [2.24, 2.45) is 7.05 Å². The van der Waals surface area contributed by atoms with Gasteiger partial charge in [-0.2, -0.15) is 0 Å². The molecule has 2 aromatic heterocycles. The Morgan fingerprint density at radius 3 is 2.61 bits per heavy atom. The quantitative estimate of drug-likeness (QED) is 0.409. The maximum absolute atomic E-state index is 5.77. The number of hydrogen-bond donors (Lipinski definition) is 0. The molecule has 23 heavy (non-hydrogen) atoms. The molecule has 0 saturated heterocycles. The van der Waals surface area contributed by atoms with Crippen LogP contribution in [0.4, 0.5) is 0 Å². The third-order valence-corrected chi connectivity index (χ3v) is 4.72. The lowest BCUT2D eigenvalue weighted by molar-refractivity contribution is 0.670. The molecule has 0 atom stereocenters. The number of rotatable bonds is 7. The van der Waals surface area contributed by atoms with E-state index in [1.807, 2.05) is 18.5 Å². The molecule has 2 nitrogen and oxygen atoms in total. The van der Waals surface area contributed by atoms with Crippen LogP contribution in [0, 0.1) is 0 Å². The Labute approximate surface area is 143 Å². The first kappa shape index (κ1) is 16.1. The zero-order valence-electron chi connectivity index (χ0n) is 13.6.